The van der Waals surface area contributed by atoms with Crippen LogP contribution < -0.4 is 0 Å². The lowest BCUT2D eigenvalue weighted by Gasteiger charge is -2.48. The van der Waals surface area contributed by atoms with E-state index in [0.29, 0.717) is 0 Å². The molecule has 2 heterocycles. The van der Waals surface area contributed by atoms with Crippen LogP contribution in [0.5, 0.6) is 0 Å². The van der Waals surface area contributed by atoms with Crippen LogP contribution in [0.15, 0.2) is 11.7 Å². The summed E-state index contributed by atoms with van der Waals surface area (Å²) in [6.45, 7) is 7.60. The minimum Gasteiger partial charge on any atom is -0.366 e. The number of rotatable bonds is 2. The van der Waals surface area contributed by atoms with Gasteiger partial charge in [0.15, 0.2) is 0 Å². The third-order valence-electron chi connectivity index (χ3n) is 3.99. The molecule has 1 aromatic rings. The first-order chi connectivity index (χ1) is 8.57. The summed E-state index contributed by atoms with van der Waals surface area (Å²) >= 11 is 1.75. The van der Waals surface area contributed by atoms with E-state index in [1.807, 2.05) is 11.7 Å². The second kappa shape index (κ2) is 4.58. The van der Waals surface area contributed by atoms with Gasteiger partial charge < -0.3 is 4.74 Å². The molecule has 3 rings (SSSR count). The summed E-state index contributed by atoms with van der Waals surface area (Å²) in [6.07, 6.45) is 7.11. The molecule has 0 aromatic carbocycles. The van der Waals surface area contributed by atoms with Crippen molar-refractivity contribution in [1.82, 2.24) is 9.88 Å². The third kappa shape index (κ3) is 2.60. The van der Waals surface area contributed by atoms with E-state index in [9.17, 15) is 0 Å². The second-order valence-corrected chi connectivity index (χ2v) is 7.34. The molecular formula is C14H22N2OS. The molecule has 2 fully saturated rings. The van der Waals surface area contributed by atoms with Gasteiger partial charge in [-0.3, -0.25) is 9.88 Å². The van der Waals surface area contributed by atoms with Crippen molar-refractivity contribution in [2.75, 3.05) is 13.1 Å². The van der Waals surface area contributed by atoms with Crippen LogP contribution in [-0.4, -0.2) is 34.2 Å². The minimum absolute atomic E-state index is 0.0206. The van der Waals surface area contributed by atoms with Gasteiger partial charge in [-0.05, 0) is 26.7 Å². The van der Waals surface area contributed by atoms with Crippen molar-refractivity contribution in [3.63, 3.8) is 0 Å². The first kappa shape index (κ1) is 12.6. The van der Waals surface area contributed by atoms with Crippen molar-refractivity contribution in [3.8, 4) is 0 Å². The highest BCUT2D eigenvalue weighted by atomic mass is 32.1. The van der Waals surface area contributed by atoms with E-state index < -0.39 is 0 Å². The fourth-order valence-corrected chi connectivity index (χ4v) is 4.22. The molecule has 3 nitrogen and oxygen atoms in total. The lowest BCUT2D eigenvalue weighted by molar-refractivity contribution is -0.195. The molecule has 0 unspecified atom stereocenters. The Balaban J connectivity index is 1.74. The van der Waals surface area contributed by atoms with Crippen LogP contribution >= 0.6 is 11.3 Å². The first-order valence-electron chi connectivity index (χ1n) is 6.87. The zero-order chi connectivity index (χ0) is 12.6. The van der Waals surface area contributed by atoms with Crippen molar-refractivity contribution >= 4 is 11.3 Å². The normalized spacial score (nSPS) is 26.8. The van der Waals surface area contributed by atoms with Crippen LogP contribution in [0.4, 0.5) is 0 Å². The fourth-order valence-electron chi connectivity index (χ4n) is 3.58. The van der Waals surface area contributed by atoms with Gasteiger partial charge in [-0.1, -0.05) is 12.8 Å². The molecule has 1 aliphatic carbocycles. The average Bonchev–Trinajstić information content (AvgIpc) is 2.88. The molecule has 2 aliphatic rings. The molecule has 0 bridgehead atoms. The molecular weight excluding hydrogens is 244 g/mol. The molecule has 0 amide bonds. The average molecular weight is 266 g/mol. The van der Waals surface area contributed by atoms with E-state index in [1.54, 1.807) is 11.3 Å². The smallest absolute Gasteiger partial charge is 0.0816 e. The molecule has 4 heteroatoms. The summed E-state index contributed by atoms with van der Waals surface area (Å²) in [5.41, 5.74) is 2.03. The van der Waals surface area contributed by atoms with Gasteiger partial charge in [-0.2, -0.15) is 0 Å². The predicted octanol–water partition coefficient (Wildman–Crippen LogP) is 3.07. The Bertz CT molecular complexity index is 396. The lowest BCUT2D eigenvalue weighted by Crippen LogP contribution is -2.58. The summed E-state index contributed by atoms with van der Waals surface area (Å²) < 4.78 is 6.42. The van der Waals surface area contributed by atoms with Crippen LogP contribution in [-0.2, 0) is 11.3 Å². The number of nitrogens with zero attached hydrogens (tertiary/aromatic N) is 2. The molecule has 18 heavy (non-hydrogen) atoms. The van der Waals surface area contributed by atoms with E-state index in [-0.39, 0.29) is 11.2 Å². The van der Waals surface area contributed by atoms with Crippen molar-refractivity contribution in [1.29, 1.82) is 0 Å². The zero-order valence-electron chi connectivity index (χ0n) is 11.3. The lowest BCUT2D eigenvalue weighted by atomic mass is 9.94. The minimum atomic E-state index is -0.0206. The maximum absolute atomic E-state index is 6.42. The van der Waals surface area contributed by atoms with E-state index in [0.717, 1.165) is 19.6 Å². The van der Waals surface area contributed by atoms with Gasteiger partial charge in [0.2, 0.25) is 0 Å². The first-order valence-corrected chi connectivity index (χ1v) is 7.75. The Morgan fingerprint density at radius 1 is 1.33 bits per heavy atom. The number of thiazole rings is 1. The van der Waals surface area contributed by atoms with Gasteiger partial charge in [0, 0.05) is 30.7 Å². The van der Waals surface area contributed by atoms with Crippen molar-refractivity contribution in [3.05, 3.63) is 16.6 Å². The number of morpholine rings is 1. The number of hydrogen-bond acceptors (Lipinski definition) is 4. The Kier molecular flexibility index (Phi) is 3.20. The standard InChI is InChI=1S/C14H22N2OS/c1-13(2)9-16(8-12-7-15-11-18-12)10-14(17-13)5-3-4-6-14/h7,11H,3-6,8-10H2,1-2H3. The van der Waals surface area contributed by atoms with Crippen molar-refractivity contribution in [2.24, 2.45) is 0 Å². The molecule has 1 saturated heterocycles. The molecule has 1 aromatic heterocycles. The summed E-state index contributed by atoms with van der Waals surface area (Å²) in [6, 6.07) is 0. The summed E-state index contributed by atoms with van der Waals surface area (Å²) in [7, 11) is 0. The van der Waals surface area contributed by atoms with E-state index in [4.69, 9.17) is 4.74 Å². The van der Waals surface area contributed by atoms with Crippen molar-refractivity contribution in [2.45, 2.75) is 57.3 Å². The van der Waals surface area contributed by atoms with Gasteiger partial charge in [0.05, 0.1) is 16.7 Å². The quantitative estimate of drug-likeness (QED) is 0.822. The van der Waals surface area contributed by atoms with Gasteiger partial charge in [0.1, 0.15) is 0 Å². The Hall–Kier alpha value is -0.450. The highest BCUT2D eigenvalue weighted by molar-refractivity contribution is 7.09. The molecule has 1 saturated carbocycles. The van der Waals surface area contributed by atoms with Crippen molar-refractivity contribution < 1.29 is 4.74 Å². The largest absolute Gasteiger partial charge is 0.366 e. The van der Waals surface area contributed by atoms with Gasteiger partial charge in [-0.15, -0.1) is 11.3 Å². The second-order valence-electron chi connectivity index (χ2n) is 6.36. The molecule has 1 aliphatic heterocycles. The van der Waals surface area contributed by atoms with Crippen LogP contribution in [0.1, 0.15) is 44.4 Å². The Morgan fingerprint density at radius 3 is 2.78 bits per heavy atom. The highest BCUT2D eigenvalue weighted by Crippen LogP contribution is 2.41. The Labute approximate surface area is 113 Å². The summed E-state index contributed by atoms with van der Waals surface area (Å²) in [4.78, 5) is 8.09. The third-order valence-corrected chi connectivity index (χ3v) is 4.75. The van der Waals surface area contributed by atoms with Gasteiger partial charge in [-0.25, -0.2) is 0 Å². The van der Waals surface area contributed by atoms with Gasteiger partial charge >= 0.3 is 0 Å². The van der Waals surface area contributed by atoms with Gasteiger partial charge in [0.25, 0.3) is 0 Å². The summed E-state index contributed by atoms with van der Waals surface area (Å²) in [5.74, 6) is 0. The molecule has 100 valence electrons. The predicted molar refractivity (Wildman–Crippen MR) is 73.8 cm³/mol. The van der Waals surface area contributed by atoms with E-state index in [1.165, 1.54) is 30.6 Å². The fraction of sp³-hybridized carbons (Fsp3) is 0.786. The molecule has 0 radical (unpaired) electrons. The molecule has 0 atom stereocenters. The number of hydrogen-bond donors (Lipinski definition) is 0. The number of ether oxygens (including phenoxy) is 1. The van der Waals surface area contributed by atoms with Crippen LogP contribution in [0, 0.1) is 0 Å². The SMILES string of the molecule is CC1(C)CN(Cc2cncs2)CC2(CCCC2)O1. The monoisotopic (exact) mass is 266 g/mol. The maximum atomic E-state index is 6.42. The number of aromatic nitrogens is 1. The van der Waals surface area contributed by atoms with Crippen LogP contribution in [0.3, 0.4) is 0 Å². The molecule has 0 N–H and O–H groups in total. The molecule has 1 spiro atoms. The zero-order valence-corrected chi connectivity index (χ0v) is 12.1. The summed E-state index contributed by atoms with van der Waals surface area (Å²) in [5, 5.41) is 0. The topological polar surface area (TPSA) is 25.4 Å². The van der Waals surface area contributed by atoms with E-state index >= 15 is 0 Å². The Morgan fingerprint density at radius 2 is 2.11 bits per heavy atom. The highest BCUT2D eigenvalue weighted by Gasteiger charge is 2.45. The van der Waals surface area contributed by atoms with Crippen LogP contribution in [0.25, 0.3) is 0 Å². The van der Waals surface area contributed by atoms with Crippen LogP contribution in [0.2, 0.25) is 0 Å². The maximum Gasteiger partial charge on any atom is 0.0816 e. The van der Waals surface area contributed by atoms with E-state index in [2.05, 4.69) is 23.7 Å².